The van der Waals surface area contributed by atoms with Gasteiger partial charge in [0.05, 0.1) is 19.4 Å². The van der Waals surface area contributed by atoms with Gasteiger partial charge in [0, 0.05) is 31.6 Å². The fourth-order valence-corrected chi connectivity index (χ4v) is 1.56. The van der Waals surface area contributed by atoms with Crippen molar-refractivity contribution >= 4 is 17.8 Å². The number of methoxy groups -OCH3 is 1. The van der Waals surface area contributed by atoms with Gasteiger partial charge in [-0.1, -0.05) is 13.5 Å². The van der Waals surface area contributed by atoms with Crippen LogP contribution in [0.4, 0.5) is 0 Å². The summed E-state index contributed by atoms with van der Waals surface area (Å²) in [5.74, 6) is 0.614. The first-order valence-electron chi connectivity index (χ1n) is 6.60. The van der Waals surface area contributed by atoms with Crippen LogP contribution in [-0.4, -0.2) is 44.2 Å². The highest BCUT2D eigenvalue weighted by Crippen LogP contribution is 2.08. The minimum Gasteiger partial charge on any atom is -0.484 e. The number of ether oxygens (including phenoxy) is 1. The second kappa shape index (κ2) is 8.27. The number of allylic oxidation sites excluding steroid dienone is 1. The molecule has 0 saturated carbocycles. The molecule has 0 saturated heterocycles. The van der Waals surface area contributed by atoms with E-state index in [2.05, 4.69) is 33.8 Å². The number of nitrogens with one attached hydrogen (secondary N) is 1. The molecule has 0 radical (unpaired) electrons. The zero-order valence-corrected chi connectivity index (χ0v) is 12.4. The minimum atomic E-state index is -0.0860. The van der Waals surface area contributed by atoms with Crippen LogP contribution in [0.5, 0.6) is 0 Å². The highest BCUT2D eigenvalue weighted by atomic mass is 16.5. The van der Waals surface area contributed by atoms with Crippen molar-refractivity contribution < 1.29 is 4.74 Å². The largest absolute Gasteiger partial charge is 0.484 e. The van der Waals surface area contributed by atoms with Gasteiger partial charge in [0.15, 0.2) is 5.90 Å². The lowest BCUT2D eigenvalue weighted by atomic mass is 10.1. The Balaban J connectivity index is 2.70. The van der Waals surface area contributed by atoms with Gasteiger partial charge in [-0.3, -0.25) is 9.98 Å². The van der Waals surface area contributed by atoms with E-state index < -0.39 is 0 Å². The first-order chi connectivity index (χ1) is 9.60. The van der Waals surface area contributed by atoms with Crippen LogP contribution < -0.4 is 11.1 Å². The van der Waals surface area contributed by atoms with Crippen LogP contribution in [0.2, 0.25) is 0 Å². The molecule has 1 aliphatic heterocycles. The van der Waals surface area contributed by atoms with Crippen LogP contribution in [0.25, 0.3) is 0 Å². The molecule has 1 aliphatic rings. The molecular formula is C14H23N5O. The number of nitrogens with zero attached hydrogens (tertiary/aromatic N) is 3. The SMILES string of the molecule is C=C(CN)NC1CN=C(/C(=C/N=C(\C)OC)CC)C=N1. The molecule has 1 rings (SSSR count). The Kier molecular flexibility index (Phi) is 6.66. The van der Waals surface area contributed by atoms with Crippen molar-refractivity contribution in [1.29, 1.82) is 0 Å². The van der Waals surface area contributed by atoms with Gasteiger partial charge < -0.3 is 15.8 Å². The number of aliphatic imine (C=N–C) groups is 3. The van der Waals surface area contributed by atoms with E-state index >= 15 is 0 Å². The maximum absolute atomic E-state index is 5.48. The van der Waals surface area contributed by atoms with E-state index in [1.54, 1.807) is 26.4 Å². The highest BCUT2D eigenvalue weighted by molar-refractivity contribution is 6.38. The third-order valence-electron chi connectivity index (χ3n) is 2.84. The Hall–Kier alpha value is -1.95. The van der Waals surface area contributed by atoms with E-state index in [0.717, 1.165) is 23.4 Å². The van der Waals surface area contributed by atoms with Gasteiger partial charge in [-0.25, -0.2) is 4.99 Å². The second-order valence-corrected chi connectivity index (χ2v) is 4.33. The first kappa shape index (κ1) is 16.1. The molecule has 110 valence electrons. The molecule has 0 spiro atoms. The molecule has 1 atom stereocenters. The summed E-state index contributed by atoms with van der Waals surface area (Å²) in [6, 6.07) is 0. The van der Waals surface area contributed by atoms with Crippen molar-refractivity contribution in [3.8, 4) is 0 Å². The van der Waals surface area contributed by atoms with Crippen LogP contribution in [0.15, 0.2) is 39.0 Å². The van der Waals surface area contributed by atoms with E-state index in [1.165, 1.54) is 0 Å². The van der Waals surface area contributed by atoms with Crippen LogP contribution in [0.3, 0.4) is 0 Å². The molecule has 0 bridgehead atoms. The van der Waals surface area contributed by atoms with Crippen molar-refractivity contribution in [3.63, 3.8) is 0 Å². The average Bonchev–Trinajstić information content (AvgIpc) is 2.48. The van der Waals surface area contributed by atoms with Gasteiger partial charge in [-0.2, -0.15) is 0 Å². The molecule has 6 nitrogen and oxygen atoms in total. The van der Waals surface area contributed by atoms with Crippen molar-refractivity contribution in [2.45, 2.75) is 26.4 Å². The van der Waals surface area contributed by atoms with Gasteiger partial charge in [0.2, 0.25) is 0 Å². The van der Waals surface area contributed by atoms with Crippen molar-refractivity contribution in [2.75, 3.05) is 20.2 Å². The van der Waals surface area contributed by atoms with Crippen LogP contribution >= 0.6 is 0 Å². The van der Waals surface area contributed by atoms with Crippen LogP contribution in [0, 0.1) is 0 Å². The fourth-order valence-electron chi connectivity index (χ4n) is 1.56. The molecule has 0 aromatic rings. The Morgan fingerprint density at radius 3 is 2.95 bits per heavy atom. The Morgan fingerprint density at radius 1 is 1.70 bits per heavy atom. The van der Waals surface area contributed by atoms with Crippen molar-refractivity contribution in [1.82, 2.24) is 5.32 Å². The number of hydrogen-bond donors (Lipinski definition) is 2. The number of nitrogens with two attached hydrogens (primary N) is 1. The summed E-state index contributed by atoms with van der Waals surface area (Å²) in [6.45, 7) is 8.62. The topological polar surface area (TPSA) is 84.4 Å². The lowest BCUT2D eigenvalue weighted by Crippen LogP contribution is -2.34. The summed E-state index contributed by atoms with van der Waals surface area (Å²) < 4.78 is 5.01. The molecule has 6 heteroatoms. The zero-order valence-electron chi connectivity index (χ0n) is 12.4. The summed E-state index contributed by atoms with van der Waals surface area (Å²) in [5, 5.41) is 3.11. The highest BCUT2D eigenvalue weighted by Gasteiger charge is 2.12. The lowest BCUT2D eigenvalue weighted by molar-refractivity contribution is 0.400. The molecule has 0 aromatic carbocycles. The van der Waals surface area contributed by atoms with Crippen molar-refractivity contribution in [3.05, 3.63) is 24.0 Å². The van der Waals surface area contributed by atoms with Gasteiger partial charge in [-0.15, -0.1) is 0 Å². The minimum absolute atomic E-state index is 0.0860. The Morgan fingerprint density at radius 2 is 2.45 bits per heavy atom. The molecule has 1 heterocycles. The summed E-state index contributed by atoms with van der Waals surface area (Å²) in [4.78, 5) is 13.1. The van der Waals surface area contributed by atoms with E-state index in [-0.39, 0.29) is 6.17 Å². The van der Waals surface area contributed by atoms with E-state index in [9.17, 15) is 0 Å². The monoisotopic (exact) mass is 277 g/mol. The van der Waals surface area contributed by atoms with Crippen LogP contribution in [0.1, 0.15) is 20.3 Å². The van der Waals surface area contributed by atoms with Gasteiger partial charge in [0.1, 0.15) is 6.17 Å². The van der Waals surface area contributed by atoms with Crippen molar-refractivity contribution in [2.24, 2.45) is 20.7 Å². The maximum Gasteiger partial charge on any atom is 0.184 e. The summed E-state index contributed by atoms with van der Waals surface area (Å²) in [5.41, 5.74) is 8.13. The molecular weight excluding hydrogens is 254 g/mol. The second-order valence-electron chi connectivity index (χ2n) is 4.33. The van der Waals surface area contributed by atoms with Crippen LogP contribution in [-0.2, 0) is 4.74 Å². The van der Waals surface area contributed by atoms with E-state index in [1.807, 2.05) is 0 Å². The number of rotatable bonds is 6. The molecule has 3 N–H and O–H groups in total. The molecule has 20 heavy (non-hydrogen) atoms. The molecule has 0 amide bonds. The smallest absolute Gasteiger partial charge is 0.184 e. The third kappa shape index (κ3) is 4.97. The normalized spacial score (nSPS) is 19.6. The quantitative estimate of drug-likeness (QED) is 0.566. The predicted octanol–water partition coefficient (Wildman–Crippen LogP) is 1.26. The summed E-state index contributed by atoms with van der Waals surface area (Å²) in [7, 11) is 1.60. The third-order valence-corrected chi connectivity index (χ3v) is 2.84. The number of hydrogen-bond acceptors (Lipinski definition) is 6. The first-order valence-corrected chi connectivity index (χ1v) is 6.60. The molecule has 0 fully saturated rings. The average molecular weight is 277 g/mol. The molecule has 1 unspecified atom stereocenters. The van der Waals surface area contributed by atoms with Gasteiger partial charge >= 0.3 is 0 Å². The van der Waals surface area contributed by atoms with Gasteiger partial charge in [0.25, 0.3) is 0 Å². The molecule has 0 aromatic heterocycles. The molecule has 0 aliphatic carbocycles. The summed E-state index contributed by atoms with van der Waals surface area (Å²) in [6.07, 6.45) is 4.28. The van der Waals surface area contributed by atoms with E-state index in [0.29, 0.717) is 19.0 Å². The zero-order chi connectivity index (χ0) is 15.0. The summed E-state index contributed by atoms with van der Waals surface area (Å²) >= 11 is 0. The van der Waals surface area contributed by atoms with Gasteiger partial charge in [-0.05, 0) is 12.0 Å². The van der Waals surface area contributed by atoms with E-state index in [4.69, 9.17) is 10.5 Å². The maximum atomic E-state index is 5.48. The predicted molar refractivity (Wildman–Crippen MR) is 84.4 cm³/mol. The standard InChI is InChI=1S/C14H23N5O/c1-5-12(7-16-11(3)20-4)13-8-18-14(9-17-13)19-10(2)6-15/h7-8,14,19H,2,5-6,9,15H2,1,3-4H3/b12-7+,16-11+. The lowest BCUT2D eigenvalue weighted by Gasteiger charge is -2.19. The Labute approximate surface area is 120 Å². The fraction of sp³-hybridized carbons (Fsp3) is 0.500. The Bertz CT molecular complexity index is 462.